The van der Waals surface area contributed by atoms with Crippen molar-refractivity contribution in [2.24, 2.45) is 0 Å². The number of benzene rings is 1. The van der Waals surface area contributed by atoms with Crippen molar-refractivity contribution in [3.63, 3.8) is 0 Å². The van der Waals surface area contributed by atoms with Gasteiger partial charge in [0.15, 0.2) is 0 Å². The average molecular weight is 399 g/mol. The number of amides is 4. The number of nitrogens with zero attached hydrogens (tertiary/aromatic N) is 2. The maximum absolute atomic E-state index is 12.5. The summed E-state index contributed by atoms with van der Waals surface area (Å²) in [5.74, 6) is -0.415. The summed E-state index contributed by atoms with van der Waals surface area (Å²) >= 11 is 12.1. The molecule has 7 nitrogen and oxygen atoms in total. The Morgan fingerprint density at radius 3 is 2.27 bits per heavy atom. The van der Waals surface area contributed by atoms with Gasteiger partial charge in [-0.25, -0.2) is 4.79 Å². The van der Waals surface area contributed by atoms with E-state index in [0.717, 1.165) is 5.69 Å². The largest absolute Gasteiger partial charge is 0.368 e. The molecule has 4 amide bonds. The molecular weight excluding hydrogens is 379 g/mol. The first-order valence-corrected chi connectivity index (χ1v) is 9.15. The molecule has 1 aromatic carbocycles. The molecule has 26 heavy (non-hydrogen) atoms. The minimum atomic E-state index is -1.02. The normalized spacial score (nSPS) is 23.0. The van der Waals surface area contributed by atoms with E-state index in [1.54, 1.807) is 17.9 Å². The van der Waals surface area contributed by atoms with Gasteiger partial charge in [-0.05, 0) is 31.5 Å². The van der Waals surface area contributed by atoms with Crippen LogP contribution in [0.3, 0.4) is 0 Å². The summed E-state index contributed by atoms with van der Waals surface area (Å²) in [6, 6.07) is 4.88. The van der Waals surface area contributed by atoms with Crippen LogP contribution in [0.15, 0.2) is 18.2 Å². The predicted molar refractivity (Wildman–Crippen MR) is 99.6 cm³/mol. The van der Waals surface area contributed by atoms with Crippen molar-refractivity contribution in [1.29, 1.82) is 0 Å². The standard InChI is InChI=1S/C17H20Cl2N4O3/c1-17(15(25)20-16(26)21-17)3-2-14(24)23-6-4-22(5-7-23)13-9-11(18)8-12(19)10-13/h8-10H,2-7H2,1H3,(H2,20,21,25,26)/t17-/m1/s1. The Morgan fingerprint density at radius 1 is 1.12 bits per heavy atom. The summed E-state index contributed by atoms with van der Waals surface area (Å²) in [5.41, 5.74) is -0.0843. The highest BCUT2D eigenvalue weighted by Crippen LogP contribution is 2.26. The number of hydrogen-bond donors (Lipinski definition) is 2. The fraction of sp³-hybridized carbons (Fsp3) is 0.471. The van der Waals surface area contributed by atoms with Crippen LogP contribution in [0.25, 0.3) is 0 Å². The second-order valence-corrected chi connectivity index (χ2v) is 7.61. The van der Waals surface area contributed by atoms with Crippen LogP contribution in [-0.2, 0) is 9.59 Å². The number of urea groups is 1. The lowest BCUT2D eigenvalue weighted by molar-refractivity contribution is -0.132. The van der Waals surface area contributed by atoms with Gasteiger partial charge in [-0.2, -0.15) is 0 Å². The van der Waals surface area contributed by atoms with E-state index >= 15 is 0 Å². The number of carbonyl (C=O) groups is 3. The van der Waals surface area contributed by atoms with Crippen LogP contribution < -0.4 is 15.5 Å². The van der Waals surface area contributed by atoms with Gasteiger partial charge in [0.2, 0.25) is 5.91 Å². The quantitative estimate of drug-likeness (QED) is 0.760. The van der Waals surface area contributed by atoms with Gasteiger partial charge in [-0.3, -0.25) is 14.9 Å². The van der Waals surface area contributed by atoms with Crippen LogP contribution in [0, 0.1) is 0 Å². The van der Waals surface area contributed by atoms with Gasteiger partial charge in [0.1, 0.15) is 5.54 Å². The minimum Gasteiger partial charge on any atom is -0.368 e. The Hall–Kier alpha value is -1.99. The number of halogens is 2. The third-order valence-electron chi connectivity index (χ3n) is 4.80. The zero-order valence-corrected chi connectivity index (χ0v) is 15.9. The average Bonchev–Trinajstić information content (AvgIpc) is 2.84. The van der Waals surface area contributed by atoms with E-state index in [-0.39, 0.29) is 18.7 Å². The zero-order chi connectivity index (χ0) is 18.9. The van der Waals surface area contributed by atoms with Gasteiger partial charge >= 0.3 is 6.03 Å². The molecule has 2 N–H and O–H groups in total. The fourth-order valence-electron chi connectivity index (χ4n) is 3.21. The van der Waals surface area contributed by atoms with Crippen LogP contribution in [0.4, 0.5) is 10.5 Å². The molecule has 0 spiro atoms. The molecule has 2 aliphatic heterocycles. The molecule has 0 unspecified atom stereocenters. The summed E-state index contributed by atoms with van der Waals surface area (Å²) in [6.07, 6.45) is 0.473. The van der Waals surface area contributed by atoms with E-state index in [1.165, 1.54) is 0 Å². The molecule has 140 valence electrons. The predicted octanol–water partition coefficient (Wildman–Crippen LogP) is 2.02. The molecular formula is C17H20Cl2N4O3. The zero-order valence-electron chi connectivity index (χ0n) is 14.3. The summed E-state index contributed by atoms with van der Waals surface area (Å²) in [5, 5.41) is 5.93. The Kier molecular flexibility index (Phi) is 5.29. The SMILES string of the molecule is C[C@]1(CCC(=O)N2CCN(c3cc(Cl)cc(Cl)c3)CC2)NC(=O)NC1=O. The van der Waals surface area contributed by atoms with E-state index in [9.17, 15) is 14.4 Å². The lowest BCUT2D eigenvalue weighted by atomic mass is 9.96. The Morgan fingerprint density at radius 2 is 1.73 bits per heavy atom. The van der Waals surface area contributed by atoms with Crippen molar-refractivity contribution < 1.29 is 14.4 Å². The first-order chi connectivity index (χ1) is 12.3. The van der Waals surface area contributed by atoms with Crippen molar-refractivity contribution in [3.05, 3.63) is 28.2 Å². The van der Waals surface area contributed by atoms with Crippen molar-refractivity contribution in [2.75, 3.05) is 31.1 Å². The van der Waals surface area contributed by atoms with Crippen LogP contribution in [0.1, 0.15) is 19.8 Å². The van der Waals surface area contributed by atoms with Gasteiger partial charge in [0, 0.05) is 48.3 Å². The van der Waals surface area contributed by atoms with Crippen molar-refractivity contribution in [2.45, 2.75) is 25.3 Å². The highest BCUT2D eigenvalue weighted by Gasteiger charge is 2.42. The smallest absolute Gasteiger partial charge is 0.322 e. The van der Waals surface area contributed by atoms with Crippen LogP contribution in [0.2, 0.25) is 10.0 Å². The Bertz CT molecular complexity index is 729. The third-order valence-corrected chi connectivity index (χ3v) is 5.24. The molecule has 0 aliphatic carbocycles. The highest BCUT2D eigenvalue weighted by atomic mass is 35.5. The molecule has 0 aromatic heterocycles. The lowest BCUT2D eigenvalue weighted by Crippen LogP contribution is -2.50. The maximum atomic E-state index is 12.5. The molecule has 2 heterocycles. The first kappa shape index (κ1) is 18.8. The maximum Gasteiger partial charge on any atom is 0.322 e. The molecule has 2 aliphatic rings. The summed E-state index contributed by atoms with van der Waals surface area (Å²) in [6.45, 7) is 4.14. The van der Waals surface area contributed by atoms with Gasteiger partial charge in [-0.15, -0.1) is 0 Å². The van der Waals surface area contributed by atoms with Gasteiger partial charge in [-0.1, -0.05) is 23.2 Å². The van der Waals surface area contributed by atoms with E-state index in [1.807, 2.05) is 12.1 Å². The van der Waals surface area contributed by atoms with Crippen LogP contribution in [-0.4, -0.2) is 54.5 Å². The van der Waals surface area contributed by atoms with E-state index in [4.69, 9.17) is 23.2 Å². The number of rotatable bonds is 4. The fourth-order valence-corrected chi connectivity index (χ4v) is 3.72. The summed E-state index contributed by atoms with van der Waals surface area (Å²) in [7, 11) is 0. The van der Waals surface area contributed by atoms with E-state index in [2.05, 4.69) is 15.5 Å². The first-order valence-electron chi connectivity index (χ1n) is 8.39. The molecule has 2 saturated heterocycles. The van der Waals surface area contributed by atoms with Crippen LogP contribution >= 0.6 is 23.2 Å². The monoisotopic (exact) mass is 398 g/mol. The molecule has 0 radical (unpaired) electrons. The number of carbonyl (C=O) groups excluding carboxylic acids is 3. The Labute approximate surface area is 161 Å². The lowest BCUT2D eigenvalue weighted by Gasteiger charge is -2.36. The number of piperazine rings is 1. The second kappa shape index (κ2) is 7.32. The molecule has 3 rings (SSSR count). The third kappa shape index (κ3) is 4.04. The Balaban J connectivity index is 1.52. The van der Waals surface area contributed by atoms with Crippen molar-refractivity contribution in [3.8, 4) is 0 Å². The van der Waals surface area contributed by atoms with Crippen molar-refractivity contribution in [1.82, 2.24) is 15.5 Å². The van der Waals surface area contributed by atoms with Crippen molar-refractivity contribution >= 4 is 46.7 Å². The number of nitrogens with one attached hydrogen (secondary N) is 2. The van der Waals surface area contributed by atoms with Gasteiger partial charge < -0.3 is 15.1 Å². The minimum absolute atomic E-state index is 0.0241. The van der Waals surface area contributed by atoms with Gasteiger partial charge in [0.25, 0.3) is 5.91 Å². The topological polar surface area (TPSA) is 81.8 Å². The molecule has 0 bridgehead atoms. The number of anilines is 1. The number of hydrogen-bond acceptors (Lipinski definition) is 4. The molecule has 1 aromatic rings. The second-order valence-electron chi connectivity index (χ2n) is 6.74. The summed E-state index contributed by atoms with van der Waals surface area (Å²) < 4.78 is 0. The molecule has 0 saturated carbocycles. The van der Waals surface area contributed by atoms with Gasteiger partial charge in [0.05, 0.1) is 0 Å². The molecule has 1 atom stereocenters. The number of imide groups is 1. The molecule has 2 fully saturated rings. The highest BCUT2D eigenvalue weighted by molar-refractivity contribution is 6.35. The van der Waals surface area contributed by atoms with E-state index in [0.29, 0.717) is 36.2 Å². The molecule has 9 heteroatoms. The summed E-state index contributed by atoms with van der Waals surface area (Å²) in [4.78, 5) is 39.4. The van der Waals surface area contributed by atoms with Crippen LogP contribution in [0.5, 0.6) is 0 Å². The van der Waals surface area contributed by atoms with E-state index < -0.39 is 17.5 Å².